The maximum absolute atomic E-state index is 11.4. The zero-order valence-corrected chi connectivity index (χ0v) is 15.6. The Morgan fingerprint density at radius 1 is 1.04 bits per heavy atom. The van der Waals surface area contributed by atoms with E-state index in [-0.39, 0.29) is 0 Å². The van der Waals surface area contributed by atoms with Crippen LogP contribution < -0.4 is 5.73 Å². The summed E-state index contributed by atoms with van der Waals surface area (Å²) in [6.07, 6.45) is 5.40. The van der Waals surface area contributed by atoms with Crippen molar-refractivity contribution in [1.82, 2.24) is 19.9 Å². The molecule has 3 N–H and O–H groups in total. The summed E-state index contributed by atoms with van der Waals surface area (Å²) in [5, 5.41) is 1.06. The van der Waals surface area contributed by atoms with Crippen LogP contribution in [0.4, 0.5) is 0 Å². The fourth-order valence-corrected chi connectivity index (χ4v) is 3.45. The van der Waals surface area contributed by atoms with Crippen molar-refractivity contribution in [3.8, 4) is 11.1 Å². The average molecular weight is 371 g/mol. The van der Waals surface area contributed by atoms with Gasteiger partial charge in [0.05, 0.1) is 0 Å². The van der Waals surface area contributed by atoms with Crippen LogP contribution >= 0.6 is 0 Å². The van der Waals surface area contributed by atoms with Crippen molar-refractivity contribution >= 4 is 16.9 Å². The number of nitrogens with zero attached hydrogens (tertiary/aromatic N) is 3. The number of carbonyl (C=O) groups excluding carboxylic acids is 1. The first-order chi connectivity index (χ1) is 13.6. The second-order valence-electron chi connectivity index (χ2n) is 6.85. The van der Waals surface area contributed by atoms with E-state index in [1.54, 1.807) is 18.3 Å². The Balaban J connectivity index is 1.70. The van der Waals surface area contributed by atoms with Gasteiger partial charge in [-0.1, -0.05) is 12.1 Å². The van der Waals surface area contributed by atoms with E-state index < -0.39 is 5.91 Å². The summed E-state index contributed by atoms with van der Waals surface area (Å²) < 4.78 is 0. The molecule has 6 heteroatoms. The van der Waals surface area contributed by atoms with Crippen LogP contribution in [0.2, 0.25) is 0 Å². The fraction of sp³-hybridized carbons (Fsp3) is 0.136. The molecule has 1 aromatic carbocycles. The maximum Gasteiger partial charge on any atom is 0.248 e. The molecule has 0 unspecified atom stereocenters. The number of aromatic nitrogens is 3. The Morgan fingerprint density at radius 3 is 2.50 bits per heavy atom. The van der Waals surface area contributed by atoms with Gasteiger partial charge in [0.25, 0.3) is 0 Å². The predicted molar refractivity (Wildman–Crippen MR) is 109 cm³/mol. The number of fused-ring (bicyclic) bond motifs is 1. The molecule has 3 heterocycles. The monoisotopic (exact) mass is 371 g/mol. The second kappa shape index (κ2) is 7.62. The molecular formula is C22H21N5O. The van der Waals surface area contributed by atoms with Crippen LogP contribution in [-0.4, -0.2) is 32.8 Å². The largest absolute Gasteiger partial charge is 0.366 e. The van der Waals surface area contributed by atoms with E-state index in [9.17, 15) is 4.79 Å². The number of amides is 1. The molecule has 28 heavy (non-hydrogen) atoms. The number of primary amides is 1. The highest BCUT2D eigenvalue weighted by Gasteiger charge is 2.16. The molecule has 0 spiro atoms. The van der Waals surface area contributed by atoms with E-state index in [4.69, 9.17) is 5.73 Å². The molecule has 0 radical (unpaired) electrons. The van der Waals surface area contributed by atoms with Gasteiger partial charge in [-0.3, -0.25) is 14.7 Å². The third kappa shape index (κ3) is 3.63. The Morgan fingerprint density at radius 2 is 1.79 bits per heavy atom. The third-order valence-corrected chi connectivity index (χ3v) is 4.74. The molecule has 0 saturated carbocycles. The molecule has 4 rings (SSSR count). The van der Waals surface area contributed by atoms with E-state index in [0.29, 0.717) is 5.56 Å². The summed E-state index contributed by atoms with van der Waals surface area (Å²) in [4.78, 5) is 25.6. The summed E-state index contributed by atoms with van der Waals surface area (Å²) >= 11 is 0. The summed E-state index contributed by atoms with van der Waals surface area (Å²) in [6, 6.07) is 15.4. The van der Waals surface area contributed by atoms with Crippen LogP contribution in [-0.2, 0) is 13.1 Å². The molecule has 0 aliphatic heterocycles. The van der Waals surface area contributed by atoms with Crippen LogP contribution in [0.1, 0.15) is 21.6 Å². The van der Waals surface area contributed by atoms with E-state index in [0.717, 1.165) is 40.9 Å². The van der Waals surface area contributed by atoms with Crippen molar-refractivity contribution in [2.75, 3.05) is 7.05 Å². The lowest BCUT2D eigenvalue weighted by molar-refractivity contribution is 0.100. The molecule has 0 aliphatic rings. The molecule has 0 atom stereocenters. The van der Waals surface area contributed by atoms with Crippen molar-refractivity contribution in [2.24, 2.45) is 5.73 Å². The van der Waals surface area contributed by atoms with Crippen molar-refractivity contribution in [3.63, 3.8) is 0 Å². The first-order valence-corrected chi connectivity index (χ1v) is 9.05. The standard InChI is InChI=1S/C22H21N5O/c1-27(13-15-8-11-24-12-9-15)14-19-20(18-3-2-10-25-22(18)26-19)16-4-6-17(7-5-16)21(23)28/h2-12H,13-14H2,1H3,(H2,23,28)(H,25,26). The lowest BCUT2D eigenvalue weighted by atomic mass is 10.0. The van der Waals surface area contributed by atoms with Gasteiger partial charge in [0.2, 0.25) is 5.91 Å². The molecule has 0 saturated heterocycles. The number of benzene rings is 1. The lowest BCUT2D eigenvalue weighted by Gasteiger charge is -2.17. The van der Waals surface area contributed by atoms with E-state index in [1.165, 1.54) is 5.56 Å². The zero-order chi connectivity index (χ0) is 19.5. The summed E-state index contributed by atoms with van der Waals surface area (Å²) in [5.74, 6) is -0.426. The number of nitrogens with two attached hydrogens (primary N) is 1. The van der Waals surface area contributed by atoms with Crippen molar-refractivity contribution in [1.29, 1.82) is 0 Å². The van der Waals surface area contributed by atoms with Gasteiger partial charge in [-0.25, -0.2) is 4.98 Å². The van der Waals surface area contributed by atoms with Crippen LogP contribution in [0.3, 0.4) is 0 Å². The minimum Gasteiger partial charge on any atom is -0.366 e. The molecule has 140 valence electrons. The fourth-order valence-electron chi connectivity index (χ4n) is 3.45. The summed E-state index contributed by atoms with van der Waals surface area (Å²) in [7, 11) is 2.08. The zero-order valence-electron chi connectivity index (χ0n) is 15.6. The van der Waals surface area contributed by atoms with Gasteiger partial charge in [-0.05, 0) is 54.6 Å². The van der Waals surface area contributed by atoms with E-state index >= 15 is 0 Å². The van der Waals surface area contributed by atoms with Crippen molar-refractivity contribution in [3.05, 3.63) is 83.9 Å². The smallest absolute Gasteiger partial charge is 0.248 e. The Kier molecular flexibility index (Phi) is 4.87. The molecule has 0 bridgehead atoms. The van der Waals surface area contributed by atoms with Crippen LogP contribution in [0.5, 0.6) is 0 Å². The first kappa shape index (κ1) is 17.9. The maximum atomic E-state index is 11.4. The lowest BCUT2D eigenvalue weighted by Crippen LogP contribution is -2.18. The number of carbonyl (C=O) groups is 1. The van der Waals surface area contributed by atoms with E-state index in [1.807, 2.05) is 42.7 Å². The Labute approximate surface area is 163 Å². The molecule has 6 nitrogen and oxygen atoms in total. The highest BCUT2D eigenvalue weighted by molar-refractivity contribution is 5.97. The average Bonchev–Trinajstić information content (AvgIpc) is 3.06. The Bertz CT molecular complexity index is 1100. The number of hydrogen-bond donors (Lipinski definition) is 2. The molecule has 0 fully saturated rings. The molecule has 3 aromatic heterocycles. The number of rotatable bonds is 6. The topological polar surface area (TPSA) is 87.9 Å². The molecule has 0 aliphatic carbocycles. The number of H-pyrrole nitrogens is 1. The minimum absolute atomic E-state index is 0.426. The highest BCUT2D eigenvalue weighted by Crippen LogP contribution is 2.32. The Hall–Kier alpha value is -3.51. The number of pyridine rings is 2. The minimum atomic E-state index is -0.426. The van der Waals surface area contributed by atoms with Gasteiger partial charge in [-0.15, -0.1) is 0 Å². The van der Waals surface area contributed by atoms with Crippen molar-refractivity contribution < 1.29 is 4.79 Å². The van der Waals surface area contributed by atoms with Crippen LogP contribution in [0, 0.1) is 0 Å². The summed E-state index contributed by atoms with van der Waals surface area (Å²) in [6.45, 7) is 1.54. The number of aromatic amines is 1. The third-order valence-electron chi connectivity index (χ3n) is 4.74. The first-order valence-electron chi connectivity index (χ1n) is 9.05. The quantitative estimate of drug-likeness (QED) is 0.544. The normalized spacial score (nSPS) is 11.2. The van der Waals surface area contributed by atoms with Crippen LogP contribution in [0.25, 0.3) is 22.2 Å². The van der Waals surface area contributed by atoms with Crippen LogP contribution in [0.15, 0.2) is 67.1 Å². The number of nitrogens with one attached hydrogen (secondary N) is 1. The van der Waals surface area contributed by atoms with Gasteiger partial charge in [0.1, 0.15) is 5.65 Å². The number of hydrogen-bond acceptors (Lipinski definition) is 4. The predicted octanol–water partition coefficient (Wildman–Crippen LogP) is 3.36. The SMILES string of the molecule is CN(Cc1ccncc1)Cc1[nH]c2ncccc2c1-c1ccc(C(N)=O)cc1. The van der Waals surface area contributed by atoms with Gasteiger partial charge in [-0.2, -0.15) is 0 Å². The van der Waals surface area contributed by atoms with Gasteiger partial charge in [0, 0.05) is 53.9 Å². The van der Waals surface area contributed by atoms with Gasteiger partial charge in [0.15, 0.2) is 0 Å². The molecule has 1 amide bonds. The summed E-state index contributed by atoms with van der Waals surface area (Å²) in [5.41, 5.74) is 11.1. The van der Waals surface area contributed by atoms with Crippen molar-refractivity contribution in [2.45, 2.75) is 13.1 Å². The highest BCUT2D eigenvalue weighted by atomic mass is 16.1. The van der Waals surface area contributed by atoms with Gasteiger partial charge >= 0.3 is 0 Å². The second-order valence-corrected chi connectivity index (χ2v) is 6.85. The van der Waals surface area contributed by atoms with E-state index in [2.05, 4.69) is 33.0 Å². The molecule has 4 aromatic rings. The molecular weight excluding hydrogens is 350 g/mol. The van der Waals surface area contributed by atoms with Gasteiger partial charge < -0.3 is 10.7 Å².